The fourth-order valence-corrected chi connectivity index (χ4v) is 2.04. The Labute approximate surface area is 123 Å². The third-order valence-corrected chi connectivity index (χ3v) is 3.26. The van der Waals surface area contributed by atoms with Crippen LogP contribution in [0.5, 0.6) is 0 Å². The Morgan fingerprint density at radius 1 is 1.48 bits per heavy atom. The predicted molar refractivity (Wildman–Crippen MR) is 78.6 cm³/mol. The second kappa shape index (κ2) is 6.50. The summed E-state index contributed by atoms with van der Waals surface area (Å²) in [5.41, 5.74) is 10.6. The van der Waals surface area contributed by atoms with Gasteiger partial charge in [-0.05, 0) is 18.4 Å². The number of thioether (sulfide) groups is 1. The zero-order valence-electron chi connectivity index (χ0n) is 11.2. The standard InChI is InChI=1S/C11H14N6O3S/c1-21-5-2-6(12)10(19)20-17-8-7(14-3-4-15-8)9(18)16-11(17)13/h3-4,6H,2,5,12H2,1H3,(H2,13,16,18)/t6-/m0/s1. The fraction of sp³-hybridized carbons (Fsp3) is 0.364. The second-order valence-corrected chi connectivity index (χ2v) is 5.08. The van der Waals surface area contributed by atoms with E-state index in [-0.39, 0.29) is 17.1 Å². The molecule has 21 heavy (non-hydrogen) atoms. The Hall–Kier alpha value is -2.20. The maximum absolute atomic E-state index is 11.9. The van der Waals surface area contributed by atoms with Gasteiger partial charge in [0, 0.05) is 12.4 Å². The molecule has 2 rings (SSSR count). The van der Waals surface area contributed by atoms with E-state index in [2.05, 4.69) is 15.0 Å². The van der Waals surface area contributed by atoms with Crippen molar-refractivity contribution in [1.29, 1.82) is 0 Å². The van der Waals surface area contributed by atoms with Gasteiger partial charge in [0.2, 0.25) is 11.6 Å². The molecule has 2 heterocycles. The van der Waals surface area contributed by atoms with E-state index in [1.54, 1.807) is 11.8 Å². The Kier molecular flexibility index (Phi) is 4.70. The van der Waals surface area contributed by atoms with Crippen molar-refractivity contribution in [3.8, 4) is 0 Å². The van der Waals surface area contributed by atoms with Gasteiger partial charge in [-0.25, -0.2) is 14.8 Å². The van der Waals surface area contributed by atoms with Crippen LogP contribution in [-0.4, -0.2) is 43.7 Å². The Balaban J connectivity index is 2.34. The Morgan fingerprint density at radius 3 is 2.90 bits per heavy atom. The van der Waals surface area contributed by atoms with E-state index >= 15 is 0 Å². The van der Waals surface area contributed by atoms with Crippen LogP contribution in [0.15, 0.2) is 17.2 Å². The molecule has 0 spiro atoms. The van der Waals surface area contributed by atoms with Crippen molar-refractivity contribution in [3.63, 3.8) is 0 Å². The number of rotatable bonds is 5. The lowest BCUT2D eigenvalue weighted by molar-refractivity contribution is -0.145. The molecule has 1 atom stereocenters. The van der Waals surface area contributed by atoms with Crippen molar-refractivity contribution in [2.24, 2.45) is 5.73 Å². The van der Waals surface area contributed by atoms with Gasteiger partial charge in [-0.3, -0.25) is 4.79 Å². The van der Waals surface area contributed by atoms with Crippen LogP contribution in [0, 0.1) is 0 Å². The van der Waals surface area contributed by atoms with Crippen LogP contribution >= 0.6 is 11.8 Å². The van der Waals surface area contributed by atoms with E-state index in [0.29, 0.717) is 12.2 Å². The summed E-state index contributed by atoms with van der Waals surface area (Å²) < 4.78 is 0.866. The maximum Gasteiger partial charge on any atom is 0.349 e. The Bertz CT molecular complexity index is 719. The highest BCUT2D eigenvalue weighted by molar-refractivity contribution is 7.98. The van der Waals surface area contributed by atoms with Gasteiger partial charge in [-0.1, -0.05) is 0 Å². The highest BCUT2D eigenvalue weighted by Crippen LogP contribution is 2.06. The minimum Gasteiger partial charge on any atom is -0.367 e. The number of carbonyl (C=O) groups excluding carboxylic acids is 1. The zero-order valence-corrected chi connectivity index (χ0v) is 12.0. The van der Waals surface area contributed by atoms with Gasteiger partial charge < -0.3 is 16.3 Å². The van der Waals surface area contributed by atoms with Crippen molar-refractivity contribution in [2.75, 3.05) is 17.7 Å². The monoisotopic (exact) mass is 310 g/mol. The van der Waals surface area contributed by atoms with Gasteiger partial charge in [0.05, 0.1) is 0 Å². The number of fused-ring (bicyclic) bond motifs is 1. The number of nitrogens with two attached hydrogens (primary N) is 2. The Morgan fingerprint density at radius 2 is 2.19 bits per heavy atom. The molecule has 0 saturated carbocycles. The molecule has 112 valence electrons. The molecule has 0 radical (unpaired) electrons. The van der Waals surface area contributed by atoms with E-state index in [0.717, 1.165) is 4.73 Å². The summed E-state index contributed by atoms with van der Waals surface area (Å²) in [6, 6.07) is -0.803. The summed E-state index contributed by atoms with van der Waals surface area (Å²) in [4.78, 5) is 40.0. The molecular formula is C11H14N6O3S. The molecular weight excluding hydrogens is 296 g/mol. The van der Waals surface area contributed by atoms with Gasteiger partial charge in [-0.15, -0.1) is 4.73 Å². The van der Waals surface area contributed by atoms with Gasteiger partial charge in [0.15, 0.2) is 5.52 Å². The molecule has 0 unspecified atom stereocenters. The van der Waals surface area contributed by atoms with Crippen LogP contribution in [0.1, 0.15) is 6.42 Å². The summed E-state index contributed by atoms with van der Waals surface area (Å²) in [5, 5.41) is 0. The molecule has 0 saturated heterocycles. The summed E-state index contributed by atoms with van der Waals surface area (Å²) in [5.74, 6) is -0.263. The van der Waals surface area contributed by atoms with Crippen molar-refractivity contribution in [3.05, 3.63) is 22.7 Å². The van der Waals surface area contributed by atoms with E-state index in [4.69, 9.17) is 16.3 Å². The first kappa shape index (κ1) is 15.2. The fourth-order valence-electron chi connectivity index (χ4n) is 1.55. The molecule has 0 aliphatic heterocycles. The van der Waals surface area contributed by atoms with Crippen LogP contribution in [0.3, 0.4) is 0 Å². The third kappa shape index (κ3) is 3.28. The highest BCUT2D eigenvalue weighted by Gasteiger charge is 2.19. The smallest absolute Gasteiger partial charge is 0.349 e. The first-order chi connectivity index (χ1) is 10.0. The average molecular weight is 310 g/mol. The van der Waals surface area contributed by atoms with Crippen LogP contribution in [-0.2, 0) is 4.79 Å². The topological polar surface area (TPSA) is 139 Å². The van der Waals surface area contributed by atoms with E-state index < -0.39 is 17.6 Å². The number of hydrogen-bond acceptors (Lipinski definition) is 9. The molecule has 0 amide bonds. The van der Waals surface area contributed by atoms with Crippen molar-refractivity contribution in [2.45, 2.75) is 12.5 Å². The van der Waals surface area contributed by atoms with Crippen LogP contribution < -0.4 is 21.9 Å². The van der Waals surface area contributed by atoms with Gasteiger partial charge in [-0.2, -0.15) is 16.7 Å². The number of hydrogen-bond donors (Lipinski definition) is 2. The van der Waals surface area contributed by atoms with E-state index in [9.17, 15) is 9.59 Å². The molecule has 0 aromatic carbocycles. The maximum atomic E-state index is 11.9. The van der Waals surface area contributed by atoms with Crippen molar-refractivity contribution in [1.82, 2.24) is 19.7 Å². The lowest BCUT2D eigenvalue weighted by atomic mass is 10.2. The lowest BCUT2D eigenvalue weighted by Crippen LogP contribution is -2.39. The van der Waals surface area contributed by atoms with Gasteiger partial charge in [0.1, 0.15) is 6.04 Å². The summed E-state index contributed by atoms with van der Waals surface area (Å²) in [6.07, 6.45) is 5.04. The summed E-state index contributed by atoms with van der Waals surface area (Å²) in [6.45, 7) is 0. The largest absolute Gasteiger partial charge is 0.367 e. The zero-order chi connectivity index (χ0) is 15.4. The highest BCUT2D eigenvalue weighted by atomic mass is 32.2. The molecule has 10 heteroatoms. The molecule has 0 bridgehead atoms. The first-order valence-corrected chi connectivity index (χ1v) is 7.40. The lowest BCUT2D eigenvalue weighted by Gasteiger charge is -2.14. The number of carbonyl (C=O) groups is 1. The number of nitrogens with zero attached hydrogens (tertiary/aromatic N) is 4. The molecule has 4 N–H and O–H groups in total. The molecule has 0 aliphatic rings. The molecule has 0 fully saturated rings. The normalized spacial score (nSPS) is 12.3. The number of aromatic nitrogens is 4. The number of anilines is 1. The average Bonchev–Trinajstić information content (AvgIpc) is 2.48. The van der Waals surface area contributed by atoms with Crippen LogP contribution in [0.25, 0.3) is 11.2 Å². The van der Waals surface area contributed by atoms with Gasteiger partial charge in [0.25, 0.3) is 0 Å². The van der Waals surface area contributed by atoms with Crippen LogP contribution in [0.2, 0.25) is 0 Å². The number of nitrogen functional groups attached to an aromatic ring is 1. The summed E-state index contributed by atoms with van der Waals surface area (Å²) in [7, 11) is 0. The SMILES string of the molecule is CSCC[C@H](N)C(=O)On1c(N)nc(=O)c2nccnc21. The van der Waals surface area contributed by atoms with Crippen LogP contribution in [0.4, 0.5) is 5.95 Å². The molecule has 2 aromatic rings. The molecule has 9 nitrogen and oxygen atoms in total. The summed E-state index contributed by atoms with van der Waals surface area (Å²) >= 11 is 1.57. The minimum atomic E-state index is -0.803. The van der Waals surface area contributed by atoms with Crippen molar-refractivity contribution < 1.29 is 9.63 Å². The minimum absolute atomic E-state index is 0.0143. The van der Waals surface area contributed by atoms with E-state index in [1.807, 2.05) is 6.26 Å². The molecule has 0 aliphatic carbocycles. The first-order valence-electron chi connectivity index (χ1n) is 6.00. The van der Waals surface area contributed by atoms with Crippen molar-refractivity contribution >= 4 is 34.8 Å². The third-order valence-electron chi connectivity index (χ3n) is 2.62. The van der Waals surface area contributed by atoms with E-state index in [1.165, 1.54) is 12.4 Å². The predicted octanol–water partition coefficient (Wildman–Crippen LogP) is -1.20. The van der Waals surface area contributed by atoms with Gasteiger partial charge >= 0.3 is 11.5 Å². The molecule has 2 aromatic heterocycles. The quantitative estimate of drug-likeness (QED) is 0.697. The second-order valence-electron chi connectivity index (χ2n) is 4.10.